The lowest BCUT2D eigenvalue weighted by molar-refractivity contribution is -0.161. The molecule has 68 valence electrons. The molecule has 0 radical (unpaired) electrons. The van der Waals surface area contributed by atoms with Crippen LogP contribution in [0.25, 0.3) is 0 Å². The van der Waals surface area contributed by atoms with Gasteiger partial charge in [0.05, 0.1) is 12.5 Å². The number of methoxy groups -OCH3 is 1. The summed E-state index contributed by atoms with van der Waals surface area (Å²) in [6.45, 7) is 7.82. The number of esters is 1. The van der Waals surface area contributed by atoms with E-state index in [1.165, 1.54) is 7.11 Å². The second-order valence-corrected chi connectivity index (χ2v) is 3.85. The van der Waals surface area contributed by atoms with Gasteiger partial charge in [-0.2, -0.15) is 0 Å². The van der Waals surface area contributed by atoms with E-state index in [0.717, 1.165) is 18.4 Å². The third-order valence-corrected chi connectivity index (χ3v) is 2.97. The Labute approximate surface area is 73.6 Å². The van der Waals surface area contributed by atoms with Gasteiger partial charge in [0.15, 0.2) is 0 Å². The third-order valence-electron chi connectivity index (χ3n) is 2.97. The Morgan fingerprint density at radius 3 is 2.50 bits per heavy atom. The summed E-state index contributed by atoms with van der Waals surface area (Å²) < 4.78 is 4.76. The van der Waals surface area contributed by atoms with Crippen LogP contribution in [0.1, 0.15) is 26.7 Å². The van der Waals surface area contributed by atoms with Crippen molar-refractivity contribution in [1.29, 1.82) is 0 Å². The molecule has 0 unspecified atom stereocenters. The fourth-order valence-electron chi connectivity index (χ4n) is 1.99. The third kappa shape index (κ3) is 1.15. The maximum atomic E-state index is 11.4. The van der Waals surface area contributed by atoms with E-state index in [2.05, 4.69) is 6.58 Å². The first kappa shape index (κ1) is 9.30. The van der Waals surface area contributed by atoms with Crippen molar-refractivity contribution in [3.05, 3.63) is 12.2 Å². The Bertz CT molecular complexity index is 220. The number of rotatable bonds is 2. The molecule has 2 nitrogen and oxygen atoms in total. The number of hydrogen-bond acceptors (Lipinski definition) is 2. The minimum absolute atomic E-state index is 0.0956. The molecule has 1 aliphatic rings. The first-order chi connectivity index (χ1) is 5.52. The van der Waals surface area contributed by atoms with Crippen LogP contribution in [0.15, 0.2) is 12.2 Å². The van der Waals surface area contributed by atoms with Crippen molar-refractivity contribution in [1.82, 2.24) is 0 Å². The van der Waals surface area contributed by atoms with Gasteiger partial charge in [-0.3, -0.25) is 4.79 Å². The molecule has 0 aliphatic heterocycles. The predicted molar refractivity (Wildman–Crippen MR) is 47.7 cm³/mol. The zero-order valence-corrected chi connectivity index (χ0v) is 8.02. The molecule has 1 fully saturated rings. The topological polar surface area (TPSA) is 26.3 Å². The molecule has 0 aromatic carbocycles. The molecule has 0 aromatic rings. The van der Waals surface area contributed by atoms with E-state index < -0.39 is 0 Å². The minimum atomic E-state index is -0.291. The molecule has 2 atom stereocenters. The molecular formula is C10H16O2. The van der Waals surface area contributed by atoms with E-state index in [9.17, 15) is 4.79 Å². The van der Waals surface area contributed by atoms with Gasteiger partial charge in [-0.1, -0.05) is 12.2 Å². The number of carbonyl (C=O) groups is 1. The van der Waals surface area contributed by atoms with Gasteiger partial charge in [0.25, 0.3) is 0 Å². The molecule has 0 amide bonds. The molecule has 1 aliphatic carbocycles. The summed E-state index contributed by atoms with van der Waals surface area (Å²) >= 11 is 0. The van der Waals surface area contributed by atoms with Crippen LogP contribution in [0.3, 0.4) is 0 Å². The van der Waals surface area contributed by atoms with Crippen molar-refractivity contribution in [2.75, 3.05) is 7.11 Å². The summed E-state index contributed by atoms with van der Waals surface area (Å²) in [7, 11) is 1.45. The summed E-state index contributed by atoms with van der Waals surface area (Å²) in [6.07, 6.45) is 2.00. The number of allylic oxidation sites excluding steroid dienone is 1. The molecule has 1 rings (SSSR count). The molecule has 0 N–H and O–H groups in total. The van der Waals surface area contributed by atoms with Crippen molar-refractivity contribution >= 4 is 5.97 Å². The molecule has 1 saturated carbocycles. The van der Waals surface area contributed by atoms with Gasteiger partial charge in [0.1, 0.15) is 0 Å². The van der Waals surface area contributed by atoms with Gasteiger partial charge in [-0.25, -0.2) is 0 Å². The summed E-state index contributed by atoms with van der Waals surface area (Å²) in [5.74, 6) is 0.228. The SMILES string of the molecule is C=C(C)[C@@H]1CC[C@]1(C)C(=O)OC. The van der Waals surface area contributed by atoms with Gasteiger partial charge < -0.3 is 4.74 Å². The first-order valence-electron chi connectivity index (χ1n) is 4.26. The lowest BCUT2D eigenvalue weighted by atomic mass is 9.59. The van der Waals surface area contributed by atoms with Crippen LogP contribution in [0.5, 0.6) is 0 Å². The van der Waals surface area contributed by atoms with Crippen LogP contribution >= 0.6 is 0 Å². The quantitative estimate of drug-likeness (QED) is 0.466. The molecule has 0 saturated heterocycles. The normalized spacial score (nSPS) is 33.8. The number of hydrogen-bond donors (Lipinski definition) is 0. The van der Waals surface area contributed by atoms with Crippen LogP contribution in [0, 0.1) is 11.3 Å². The molecule has 0 aromatic heterocycles. The maximum Gasteiger partial charge on any atom is 0.312 e. The van der Waals surface area contributed by atoms with Crippen molar-refractivity contribution in [3.63, 3.8) is 0 Å². The van der Waals surface area contributed by atoms with Crippen molar-refractivity contribution in [2.24, 2.45) is 11.3 Å². The first-order valence-corrected chi connectivity index (χ1v) is 4.26. The summed E-state index contributed by atoms with van der Waals surface area (Å²) in [5.41, 5.74) is 0.801. The molecule has 0 spiro atoms. The molecule has 2 heteroatoms. The predicted octanol–water partition coefficient (Wildman–Crippen LogP) is 2.15. The monoisotopic (exact) mass is 168 g/mol. The van der Waals surface area contributed by atoms with Crippen molar-refractivity contribution in [2.45, 2.75) is 26.7 Å². The van der Waals surface area contributed by atoms with Gasteiger partial charge in [-0.05, 0) is 32.6 Å². The highest BCUT2D eigenvalue weighted by Gasteiger charge is 2.49. The average molecular weight is 168 g/mol. The van der Waals surface area contributed by atoms with Crippen LogP contribution in [-0.2, 0) is 9.53 Å². The van der Waals surface area contributed by atoms with E-state index >= 15 is 0 Å². The van der Waals surface area contributed by atoms with E-state index in [4.69, 9.17) is 4.74 Å². The number of ether oxygens (including phenoxy) is 1. The van der Waals surface area contributed by atoms with E-state index in [1.54, 1.807) is 0 Å². The van der Waals surface area contributed by atoms with Gasteiger partial charge >= 0.3 is 5.97 Å². The van der Waals surface area contributed by atoms with Crippen LogP contribution < -0.4 is 0 Å². The maximum absolute atomic E-state index is 11.4. The second kappa shape index (κ2) is 2.92. The van der Waals surface area contributed by atoms with Crippen LogP contribution in [-0.4, -0.2) is 13.1 Å². The number of carbonyl (C=O) groups excluding carboxylic acids is 1. The van der Waals surface area contributed by atoms with Crippen LogP contribution in [0.2, 0.25) is 0 Å². The van der Waals surface area contributed by atoms with E-state index in [1.807, 2.05) is 13.8 Å². The fraction of sp³-hybridized carbons (Fsp3) is 0.700. The Kier molecular flexibility index (Phi) is 2.27. The summed E-state index contributed by atoms with van der Waals surface area (Å²) in [5, 5.41) is 0. The van der Waals surface area contributed by atoms with Gasteiger partial charge in [0.2, 0.25) is 0 Å². The summed E-state index contributed by atoms with van der Waals surface area (Å²) in [6, 6.07) is 0. The van der Waals surface area contributed by atoms with Crippen molar-refractivity contribution in [3.8, 4) is 0 Å². The largest absolute Gasteiger partial charge is 0.469 e. The Balaban J connectivity index is 2.73. The highest BCUT2D eigenvalue weighted by atomic mass is 16.5. The molecular weight excluding hydrogens is 152 g/mol. The van der Waals surface area contributed by atoms with Gasteiger partial charge in [-0.15, -0.1) is 0 Å². The van der Waals surface area contributed by atoms with Crippen molar-refractivity contribution < 1.29 is 9.53 Å². The zero-order chi connectivity index (χ0) is 9.35. The average Bonchev–Trinajstić information content (AvgIpc) is 1.98. The summed E-state index contributed by atoms with van der Waals surface area (Å²) in [4.78, 5) is 11.4. The standard InChI is InChI=1S/C10H16O2/c1-7(2)8-5-6-10(8,3)9(11)12-4/h8H,1,5-6H2,2-4H3/t8-,10-/m0/s1. The Morgan fingerprint density at radius 1 is 1.67 bits per heavy atom. The molecule has 0 heterocycles. The van der Waals surface area contributed by atoms with Gasteiger partial charge in [0, 0.05) is 0 Å². The Hall–Kier alpha value is -0.790. The minimum Gasteiger partial charge on any atom is -0.469 e. The van der Waals surface area contributed by atoms with E-state index in [-0.39, 0.29) is 11.4 Å². The highest BCUT2D eigenvalue weighted by molar-refractivity contribution is 5.78. The molecule has 12 heavy (non-hydrogen) atoms. The Morgan fingerprint density at radius 2 is 2.25 bits per heavy atom. The lowest BCUT2D eigenvalue weighted by Gasteiger charge is -2.44. The van der Waals surface area contributed by atoms with Crippen LogP contribution in [0.4, 0.5) is 0 Å². The second-order valence-electron chi connectivity index (χ2n) is 3.85. The zero-order valence-electron chi connectivity index (χ0n) is 8.02. The fourth-order valence-corrected chi connectivity index (χ4v) is 1.99. The highest BCUT2D eigenvalue weighted by Crippen LogP contribution is 2.50. The smallest absolute Gasteiger partial charge is 0.312 e. The van der Waals surface area contributed by atoms with E-state index in [0.29, 0.717) is 5.92 Å². The molecule has 0 bridgehead atoms. The lowest BCUT2D eigenvalue weighted by Crippen LogP contribution is -2.45.